The van der Waals surface area contributed by atoms with Gasteiger partial charge >= 0.3 is 87.9 Å². The van der Waals surface area contributed by atoms with Crippen LogP contribution < -0.4 is 51.4 Å². The van der Waals surface area contributed by atoms with E-state index in [1.165, 1.54) is 0 Å². The van der Waals surface area contributed by atoms with Crippen molar-refractivity contribution in [2.24, 2.45) is 0 Å². The molecule has 0 fully saturated rings. The molecule has 0 radical (unpaired) electrons. The fourth-order valence-corrected chi connectivity index (χ4v) is 0. The van der Waals surface area contributed by atoms with E-state index in [9.17, 15) is 0 Å². The molecule has 11 heavy (non-hydrogen) atoms. The van der Waals surface area contributed by atoms with Crippen LogP contribution in [0.2, 0.25) is 0 Å². The first-order valence-electron chi connectivity index (χ1n) is 1.41. The quantitative estimate of drug-likeness (QED) is 0.250. The standard InChI is InChI=1S/K.Mn.H3O4P.H2O.3O.H/c;;1-5(2,3)4;;;;;/h;;(H3,1,2,3,4);1H2;;;;/q2*+1;;;;;;-1/p-1. The molecule has 0 rings (SSSR count). The Kier molecular flexibility index (Phi) is 11.8. The van der Waals surface area contributed by atoms with E-state index in [0.29, 0.717) is 0 Å². The van der Waals surface area contributed by atoms with E-state index in [1.807, 2.05) is 0 Å². The summed E-state index contributed by atoms with van der Waals surface area (Å²) in [4.78, 5) is 21.6. The summed E-state index contributed by atoms with van der Waals surface area (Å²) in [6, 6.07) is 0. The Morgan fingerprint density at radius 2 is 1.09 bits per heavy atom. The van der Waals surface area contributed by atoms with Gasteiger partial charge in [-0.1, -0.05) is 0 Å². The molecule has 8 nitrogen and oxygen atoms in total. The van der Waals surface area contributed by atoms with Gasteiger partial charge in [-0.25, -0.2) is 4.57 Å². The molecule has 0 bridgehead atoms. The Bertz CT molecular complexity index is 243. The molecule has 66 valence electrons. The first-order chi connectivity index (χ1) is 4.00. The van der Waals surface area contributed by atoms with Crippen molar-refractivity contribution in [1.82, 2.24) is 0 Å². The summed E-state index contributed by atoms with van der Waals surface area (Å²) in [6.07, 6.45) is 0. The fraction of sp³-hybridized carbons (Fsp3) is 0. The number of hydrogen-bond donors (Lipinski definition) is 4. The zero-order chi connectivity index (χ0) is 9.00. The SMILES string of the molecule is O=P(O)(O)O.[H-].[K+].[O]=[Mn](=[O])(=[O])[OH]. The Balaban J connectivity index is -0.0000000457. The molecule has 0 aliphatic carbocycles. The summed E-state index contributed by atoms with van der Waals surface area (Å²) < 4.78 is 41.9. The molecule has 0 heterocycles. The normalized spacial score (nSPS) is 10.5. The van der Waals surface area contributed by atoms with Gasteiger partial charge in [-0.3, -0.25) is 0 Å². The van der Waals surface area contributed by atoms with Gasteiger partial charge in [-0.2, -0.15) is 0 Å². The van der Waals surface area contributed by atoms with Crippen LogP contribution in [-0.2, 0) is 29.0 Å². The van der Waals surface area contributed by atoms with Crippen LogP contribution in [-0.4, -0.2) is 18.9 Å². The van der Waals surface area contributed by atoms with E-state index in [4.69, 9.17) is 34.9 Å². The van der Waals surface area contributed by atoms with Crippen LogP contribution in [0.25, 0.3) is 0 Å². The van der Waals surface area contributed by atoms with E-state index >= 15 is 0 Å². The van der Waals surface area contributed by atoms with Gasteiger partial charge in [0, 0.05) is 0 Å². The zero-order valence-electron chi connectivity index (χ0n) is 6.25. The average Bonchev–Trinajstić information content (AvgIpc) is 1.12. The Morgan fingerprint density at radius 3 is 1.09 bits per heavy atom. The van der Waals surface area contributed by atoms with Crippen molar-refractivity contribution >= 4 is 7.82 Å². The Morgan fingerprint density at radius 1 is 1.09 bits per heavy atom. The number of phosphoric acid groups is 1. The second-order valence-electron chi connectivity index (χ2n) is 0.909. The molecule has 0 spiro atoms. The fourth-order valence-electron chi connectivity index (χ4n) is 0. The van der Waals surface area contributed by atoms with Gasteiger partial charge in [0.05, 0.1) is 0 Å². The van der Waals surface area contributed by atoms with Gasteiger partial charge in [-0.05, 0) is 0 Å². The molecular weight excluding hydrogens is 253 g/mol. The van der Waals surface area contributed by atoms with Crippen molar-refractivity contribution in [3.63, 3.8) is 0 Å². The first-order valence-corrected chi connectivity index (χ1v) is 4.95. The minimum atomic E-state index is -5.38. The van der Waals surface area contributed by atoms with Crippen molar-refractivity contribution < 1.29 is 101 Å². The van der Waals surface area contributed by atoms with Crippen LogP contribution >= 0.6 is 7.82 Å². The summed E-state index contributed by atoms with van der Waals surface area (Å²) >= 11 is -5.38. The summed E-state index contributed by atoms with van der Waals surface area (Å²) in [5.74, 6) is 0. The van der Waals surface area contributed by atoms with Gasteiger partial charge in [-0.15, -0.1) is 0 Å². The topological polar surface area (TPSA) is 149 Å². The van der Waals surface area contributed by atoms with Crippen LogP contribution in [0.1, 0.15) is 1.43 Å². The molecule has 0 atom stereocenters. The molecule has 0 amide bonds. The van der Waals surface area contributed by atoms with Crippen LogP contribution in [0.15, 0.2) is 0 Å². The molecule has 0 aliphatic rings. The third-order valence-corrected chi connectivity index (χ3v) is 0. The summed E-state index contributed by atoms with van der Waals surface area (Å²) in [5.41, 5.74) is 0. The van der Waals surface area contributed by atoms with Crippen LogP contribution in [0, 0.1) is 0 Å². The summed E-state index contributed by atoms with van der Waals surface area (Å²) in [6.45, 7) is 0. The van der Waals surface area contributed by atoms with Crippen LogP contribution in [0.3, 0.4) is 0 Å². The molecule has 0 aromatic carbocycles. The summed E-state index contributed by atoms with van der Waals surface area (Å²) in [7, 11) is -4.64. The van der Waals surface area contributed by atoms with Gasteiger partial charge in [0.15, 0.2) is 0 Å². The van der Waals surface area contributed by atoms with Crippen molar-refractivity contribution in [2.45, 2.75) is 0 Å². The van der Waals surface area contributed by atoms with Gasteiger partial charge in [0.2, 0.25) is 0 Å². The predicted molar refractivity (Wildman–Crippen MR) is 19.7 cm³/mol. The van der Waals surface area contributed by atoms with E-state index in [0.717, 1.165) is 0 Å². The van der Waals surface area contributed by atoms with E-state index in [2.05, 4.69) is 0 Å². The monoisotopic (exact) mass is 258 g/mol. The van der Waals surface area contributed by atoms with Gasteiger partial charge in [0.25, 0.3) is 0 Å². The van der Waals surface area contributed by atoms with Crippen molar-refractivity contribution in [3.05, 3.63) is 0 Å². The van der Waals surface area contributed by atoms with Crippen LogP contribution in [0.4, 0.5) is 0 Å². The Labute approximate surface area is 107 Å². The van der Waals surface area contributed by atoms with Crippen molar-refractivity contribution in [1.29, 1.82) is 0 Å². The maximum absolute atomic E-state index is 8.88. The number of hydrogen-bond acceptors (Lipinski definition) is 4. The maximum atomic E-state index is 8.88. The molecule has 0 aliphatic heterocycles. The molecule has 0 saturated heterocycles. The second-order valence-corrected chi connectivity index (χ2v) is 3.17. The van der Waals surface area contributed by atoms with Gasteiger partial charge < -0.3 is 16.1 Å². The Hall–Kier alpha value is 1.63. The van der Waals surface area contributed by atoms with Crippen molar-refractivity contribution in [3.8, 4) is 0 Å². The molecule has 0 unspecified atom stereocenters. The van der Waals surface area contributed by atoms with E-state index in [1.54, 1.807) is 0 Å². The molecule has 0 aromatic rings. The number of rotatable bonds is 0. The predicted octanol–water partition coefficient (Wildman–Crippen LogP) is -4.73. The molecular formula is H5KMnO8P. The van der Waals surface area contributed by atoms with Crippen molar-refractivity contribution in [2.75, 3.05) is 0 Å². The molecule has 0 saturated carbocycles. The van der Waals surface area contributed by atoms with Crippen LogP contribution in [0.5, 0.6) is 0 Å². The minimum absolute atomic E-state index is 0. The van der Waals surface area contributed by atoms with E-state index in [-0.39, 0.29) is 52.8 Å². The molecule has 0 aromatic heterocycles. The average molecular weight is 258 g/mol. The molecule has 4 N–H and O–H groups in total. The third-order valence-electron chi connectivity index (χ3n) is 0. The second kappa shape index (κ2) is 7.07. The molecule has 11 heteroatoms. The van der Waals surface area contributed by atoms with E-state index < -0.39 is 20.8 Å². The first kappa shape index (κ1) is 18.4. The zero-order valence-corrected chi connectivity index (χ0v) is 10.4. The third kappa shape index (κ3) is 408. The summed E-state index contributed by atoms with van der Waals surface area (Å²) in [5, 5.41) is 0. The van der Waals surface area contributed by atoms with Gasteiger partial charge in [0.1, 0.15) is 0 Å².